The van der Waals surface area contributed by atoms with Crippen molar-refractivity contribution in [3.63, 3.8) is 0 Å². The number of phosphoric ester groups is 1. The van der Waals surface area contributed by atoms with Gasteiger partial charge in [-0.05, 0) is 6.07 Å². The van der Waals surface area contributed by atoms with Gasteiger partial charge in [0.1, 0.15) is 12.3 Å². The van der Waals surface area contributed by atoms with Crippen LogP contribution in [0.3, 0.4) is 0 Å². The summed E-state index contributed by atoms with van der Waals surface area (Å²) in [5, 5.41) is 9.45. The molecular formula is C13H14F4NO12P3. The fourth-order valence-corrected chi connectivity index (χ4v) is 6.05. The Kier molecular flexibility index (Phi) is 7.30. The lowest BCUT2D eigenvalue weighted by molar-refractivity contribution is -0.0421. The van der Waals surface area contributed by atoms with E-state index in [-0.39, 0.29) is 6.42 Å². The molecule has 0 aliphatic carbocycles. The number of aromatic nitrogens is 1. The first-order chi connectivity index (χ1) is 15.0. The maximum atomic E-state index is 14.2. The second-order valence-electron chi connectivity index (χ2n) is 6.56. The molecule has 0 amide bonds. The minimum atomic E-state index is -5.76. The second-order valence-corrected chi connectivity index (χ2v) is 11.0. The zero-order valence-corrected chi connectivity index (χ0v) is 18.4. The molecule has 0 bridgehead atoms. The van der Waals surface area contributed by atoms with Crippen molar-refractivity contribution in [2.75, 3.05) is 6.61 Å². The van der Waals surface area contributed by atoms with Crippen molar-refractivity contribution in [1.82, 2.24) is 4.57 Å². The van der Waals surface area contributed by atoms with E-state index < -0.39 is 82.7 Å². The highest BCUT2D eigenvalue weighted by molar-refractivity contribution is 7.66. The monoisotopic (exact) mass is 545 g/mol. The van der Waals surface area contributed by atoms with Crippen molar-refractivity contribution in [2.24, 2.45) is 0 Å². The molecule has 1 saturated heterocycles. The molecule has 1 aromatic heterocycles. The van der Waals surface area contributed by atoms with E-state index in [1.54, 1.807) is 0 Å². The van der Waals surface area contributed by atoms with Crippen LogP contribution >= 0.6 is 23.5 Å². The number of nitrogens with zero attached hydrogens (tertiary/aromatic N) is 1. The van der Waals surface area contributed by atoms with Crippen LogP contribution in [0.25, 0.3) is 10.9 Å². The summed E-state index contributed by atoms with van der Waals surface area (Å²) in [5.74, 6) is -7.50. The summed E-state index contributed by atoms with van der Waals surface area (Å²) < 4.78 is 106. The highest BCUT2D eigenvalue weighted by Crippen LogP contribution is 2.66. The quantitative estimate of drug-likeness (QED) is 0.141. The Morgan fingerprint density at radius 2 is 1.58 bits per heavy atom. The molecule has 20 heteroatoms. The molecule has 5 atom stereocenters. The summed E-state index contributed by atoms with van der Waals surface area (Å²) in [5.41, 5.74) is -0.725. The molecular weight excluding hydrogens is 531 g/mol. The number of aliphatic hydroxyl groups excluding tert-OH is 1. The lowest BCUT2D eigenvalue weighted by Crippen LogP contribution is -2.26. The maximum absolute atomic E-state index is 14.2. The summed E-state index contributed by atoms with van der Waals surface area (Å²) in [6.45, 7) is -1.01. The van der Waals surface area contributed by atoms with E-state index in [2.05, 4.69) is 13.1 Å². The van der Waals surface area contributed by atoms with Gasteiger partial charge >= 0.3 is 23.5 Å². The zero-order chi connectivity index (χ0) is 24.9. The van der Waals surface area contributed by atoms with E-state index in [1.165, 1.54) is 0 Å². The van der Waals surface area contributed by atoms with Crippen LogP contribution in [0.1, 0.15) is 12.6 Å². The summed E-state index contributed by atoms with van der Waals surface area (Å²) in [6.07, 6.45) is -3.63. The molecule has 0 radical (unpaired) electrons. The smallest absolute Gasteiger partial charge is 0.390 e. The minimum absolute atomic E-state index is 0.367. The molecule has 2 unspecified atom stereocenters. The number of phosphoric acid groups is 3. The van der Waals surface area contributed by atoms with E-state index >= 15 is 0 Å². The van der Waals surface area contributed by atoms with Crippen LogP contribution in [0.2, 0.25) is 0 Å². The average Bonchev–Trinajstić information content (AvgIpc) is 3.23. The van der Waals surface area contributed by atoms with Crippen LogP contribution < -0.4 is 0 Å². The van der Waals surface area contributed by atoms with Crippen LogP contribution in [-0.2, 0) is 31.6 Å². The first-order valence-electron chi connectivity index (χ1n) is 8.45. The highest BCUT2D eigenvalue weighted by Gasteiger charge is 2.43. The van der Waals surface area contributed by atoms with Crippen LogP contribution in [0, 0.1) is 23.3 Å². The van der Waals surface area contributed by atoms with E-state index in [4.69, 9.17) is 19.4 Å². The average molecular weight is 545 g/mol. The van der Waals surface area contributed by atoms with Gasteiger partial charge in [0.15, 0.2) is 23.3 Å². The van der Waals surface area contributed by atoms with Crippen LogP contribution in [0.4, 0.5) is 17.6 Å². The van der Waals surface area contributed by atoms with E-state index in [1.807, 2.05) is 0 Å². The van der Waals surface area contributed by atoms with Gasteiger partial charge in [0.05, 0.1) is 18.2 Å². The third-order valence-electron chi connectivity index (χ3n) is 4.27. The molecule has 0 saturated carbocycles. The minimum Gasteiger partial charge on any atom is -0.390 e. The van der Waals surface area contributed by atoms with Crippen LogP contribution in [0.15, 0.2) is 12.3 Å². The fourth-order valence-electron chi connectivity index (χ4n) is 3.02. The summed E-state index contributed by atoms with van der Waals surface area (Å²) in [7, 11) is -16.9. The number of aliphatic hydroxyl groups is 1. The standard InChI is InChI=1S/C13H14F4NO12P3/c14-9-5-1-2-18(13(5)12(17)11(16)10(9)15)8-3-6(19)7(28-8)4-27-32(23,24)30-33(25,26)29-31(20,21)22/h1-2,6-8,19H,3-4H2,(H,23,24)(H,25,26)(H2,20,21,22)/t6-,7+,8+/m0/s1. The van der Waals surface area contributed by atoms with Gasteiger partial charge in [-0.3, -0.25) is 4.52 Å². The third kappa shape index (κ3) is 5.90. The molecule has 0 spiro atoms. The molecule has 1 aromatic carbocycles. The van der Waals surface area contributed by atoms with E-state index in [9.17, 15) is 41.3 Å². The molecule has 5 N–H and O–H groups in total. The van der Waals surface area contributed by atoms with Gasteiger partial charge in [0, 0.05) is 18.0 Å². The van der Waals surface area contributed by atoms with Gasteiger partial charge in [0.25, 0.3) is 0 Å². The molecule has 2 aromatic rings. The van der Waals surface area contributed by atoms with Crippen molar-refractivity contribution in [1.29, 1.82) is 0 Å². The normalized spacial score (nSPS) is 25.3. The third-order valence-corrected chi connectivity index (χ3v) is 8.07. The van der Waals surface area contributed by atoms with Gasteiger partial charge in [-0.25, -0.2) is 31.3 Å². The molecule has 1 aliphatic rings. The molecule has 2 heterocycles. The Hall–Kier alpha value is -1.19. The van der Waals surface area contributed by atoms with Gasteiger partial charge < -0.3 is 34.0 Å². The fraction of sp³-hybridized carbons (Fsp3) is 0.385. The summed E-state index contributed by atoms with van der Waals surface area (Å²) in [4.78, 5) is 35.5. The van der Waals surface area contributed by atoms with E-state index in [0.29, 0.717) is 0 Å². The number of fused-ring (bicyclic) bond motifs is 1. The molecule has 1 fully saturated rings. The molecule has 33 heavy (non-hydrogen) atoms. The lowest BCUT2D eigenvalue weighted by Gasteiger charge is -2.19. The van der Waals surface area contributed by atoms with Crippen molar-refractivity contribution >= 4 is 34.4 Å². The Bertz CT molecular complexity index is 1220. The van der Waals surface area contributed by atoms with E-state index in [0.717, 1.165) is 16.8 Å². The molecule has 3 rings (SSSR count). The molecule has 186 valence electrons. The summed E-state index contributed by atoms with van der Waals surface area (Å²) >= 11 is 0. The number of rotatable bonds is 8. The van der Waals surface area contributed by atoms with Gasteiger partial charge in [-0.15, -0.1) is 0 Å². The van der Waals surface area contributed by atoms with Crippen LogP contribution in [0.5, 0.6) is 0 Å². The number of hydrogen-bond donors (Lipinski definition) is 5. The Labute approximate surface area is 180 Å². The number of benzene rings is 1. The topological polar surface area (TPSA) is 194 Å². The van der Waals surface area contributed by atoms with Gasteiger partial charge in [0.2, 0.25) is 0 Å². The Morgan fingerprint density at radius 3 is 2.18 bits per heavy atom. The Morgan fingerprint density at radius 1 is 0.970 bits per heavy atom. The molecule has 13 nitrogen and oxygen atoms in total. The number of ether oxygens (including phenoxy) is 1. The van der Waals surface area contributed by atoms with Crippen molar-refractivity contribution in [2.45, 2.75) is 24.9 Å². The SMILES string of the molecule is O=P(O)(O)OP(=O)(O)OP(=O)(O)OC[C@H]1O[C@@H](n2ccc3c(F)c(F)c(F)c(F)c32)C[C@@H]1O. The zero-order valence-electron chi connectivity index (χ0n) is 15.7. The first kappa shape index (κ1) is 26.4. The first-order valence-corrected chi connectivity index (χ1v) is 13.0. The van der Waals surface area contributed by atoms with Crippen molar-refractivity contribution in [3.8, 4) is 0 Å². The predicted molar refractivity (Wildman–Crippen MR) is 96.1 cm³/mol. The predicted octanol–water partition coefficient (Wildman–Crippen LogP) is 2.19. The van der Waals surface area contributed by atoms with Gasteiger partial charge in [-0.1, -0.05) is 0 Å². The number of halogens is 4. The Balaban J connectivity index is 1.73. The van der Waals surface area contributed by atoms with Crippen molar-refractivity contribution in [3.05, 3.63) is 35.5 Å². The summed E-state index contributed by atoms with van der Waals surface area (Å²) in [6, 6.07) is 0.922. The van der Waals surface area contributed by atoms with Gasteiger partial charge in [-0.2, -0.15) is 8.62 Å². The largest absolute Gasteiger partial charge is 0.490 e. The highest BCUT2D eigenvalue weighted by atomic mass is 31.3. The van der Waals surface area contributed by atoms with Crippen LogP contribution in [-0.4, -0.2) is 48.1 Å². The number of hydrogen-bond acceptors (Lipinski definition) is 8. The lowest BCUT2D eigenvalue weighted by atomic mass is 10.2. The second kappa shape index (κ2) is 9.11. The van der Waals surface area contributed by atoms with Crippen molar-refractivity contribution < 1.29 is 73.8 Å². The molecule has 1 aliphatic heterocycles. The maximum Gasteiger partial charge on any atom is 0.490 e.